The van der Waals surface area contributed by atoms with E-state index in [-0.39, 0.29) is 12.4 Å². The molecule has 1 N–H and O–H groups in total. The van der Waals surface area contributed by atoms with Gasteiger partial charge < -0.3 is 9.47 Å². The van der Waals surface area contributed by atoms with Crippen LogP contribution in [0.1, 0.15) is 26.7 Å². The second-order valence-corrected chi connectivity index (χ2v) is 3.34. The molecule has 0 aromatic carbocycles. The SMILES string of the molecule is CCOC(=O)CC1(C)NCCCO1. The summed E-state index contributed by atoms with van der Waals surface area (Å²) in [7, 11) is 0. The Bertz CT molecular complexity index is 176. The van der Waals surface area contributed by atoms with Gasteiger partial charge in [-0.05, 0) is 26.8 Å². The fraction of sp³-hybridized carbons (Fsp3) is 0.889. The van der Waals surface area contributed by atoms with Crippen molar-refractivity contribution in [2.45, 2.75) is 32.4 Å². The van der Waals surface area contributed by atoms with Crippen molar-refractivity contribution in [3.63, 3.8) is 0 Å². The molecule has 0 saturated carbocycles. The summed E-state index contributed by atoms with van der Waals surface area (Å²) in [5.74, 6) is -0.209. The zero-order valence-electron chi connectivity index (χ0n) is 8.26. The van der Waals surface area contributed by atoms with E-state index in [9.17, 15) is 4.79 Å². The van der Waals surface area contributed by atoms with Crippen molar-refractivity contribution in [3.8, 4) is 0 Å². The Morgan fingerprint density at radius 1 is 1.69 bits per heavy atom. The zero-order valence-corrected chi connectivity index (χ0v) is 8.26. The van der Waals surface area contributed by atoms with Crippen LogP contribution in [0.25, 0.3) is 0 Å². The number of hydrogen-bond acceptors (Lipinski definition) is 4. The minimum absolute atomic E-state index is 0.209. The first kappa shape index (κ1) is 10.5. The smallest absolute Gasteiger partial charge is 0.310 e. The van der Waals surface area contributed by atoms with Gasteiger partial charge in [-0.15, -0.1) is 0 Å². The zero-order chi connectivity index (χ0) is 9.73. The quantitative estimate of drug-likeness (QED) is 0.659. The van der Waals surface area contributed by atoms with Crippen LogP contribution in [0.4, 0.5) is 0 Å². The molecular formula is C9H17NO3. The molecule has 1 heterocycles. The van der Waals surface area contributed by atoms with Gasteiger partial charge in [-0.3, -0.25) is 10.1 Å². The molecule has 1 saturated heterocycles. The minimum Gasteiger partial charge on any atom is -0.466 e. The summed E-state index contributed by atoms with van der Waals surface area (Å²) in [6.07, 6.45) is 1.28. The van der Waals surface area contributed by atoms with E-state index in [2.05, 4.69) is 5.32 Å². The maximum absolute atomic E-state index is 11.2. The number of rotatable bonds is 3. The molecule has 76 valence electrons. The molecule has 1 aliphatic heterocycles. The van der Waals surface area contributed by atoms with Crippen molar-refractivity contribution in [1.29, 1.82) is 0 Å². The van der Waals surface area contributed by atoms with Crippen LogP contribution in [0.15, 0.2) is 0 Å². The van der Waals surface area contributed by atoms with Gasteiger partial charge in [-0.2, -0.15) is 0 Å². The highest BCUT2D eigenvalue weighted by molar-refractivity contribution is 5.70. The topological polar surface area (TPSA) is 47.6 Å². The first-order chi connectivity index (χ1) is 6.16. The normalized spacial score (nSPS) is 28.5. The Morgan fingerprint density at radius 3 is 3.00 bits per heavy atom. The highest BCUT2D eigenvalue weighted by atomic mass is 16.5. The molecule has 0 aromatic heterocycles. The number of nitrogens with one attached hydrogen (secondary N) is 1. The number of carbonyl (C=O) groups is 1. The van der Waals surface area contributed by atoms with Crippen molar-refractivity contribution >= 4 is 5.97 Å². The Balaban J connectivity index is 2.36. The van der Waals surface area contributed by atoms with Crippen LogP contribution in [0.3, 0.4) is 0 Å². The average Bonchev–Trinajstić information content (AvgIpc) is 2.04. The molecule has 0 aromatic rings. The molecular weight excluding hydrogens is 170 g/mol. The molecule has 0 radical (unpaired) electrons. The third-order valence-electron chi connectivity index (χ3n) is 2.03. The lowest BCUT2D eigenvalue weighted by molar-refractivity contribution is -0.155. The van der Waals surface area contributed by atoms with Crippen LogP contribution in [0, 0.1) is 0 Å². The van der Waals surface area contributed by atoms with Gasteiger partial charge in [-0.1, -0.05) is 0 Å². The Labute approximate surface area is 78.6 Å². The van der Waals surface area contributed by atoms with Gasteiger partial charge in [0.2, 0.25) is 0 Å². The largest absolute Gasteiger partial charge is 0.466 e. The van der Waals surface area contributed by atoms with Gasteiger partial charge in [0.1, 0.15) is 5.72 Å². The Kier molecular flexibility index (Phi) is 3.69. The van der Waals surface area contributed by atoms with Gasteiger partial charge in [0.05, 0.1) is 19.6 Å². The lowest BCUT2D eigenvalue weighted by Crippen LogP contribution is -2.50. The fourth-order valence-electron chi connectivity index (χ4n) is 1.37. The van der Waals surface area contributed by atoms with E-state index >= 15 is 0 Å². The molecule has 0 aliphatic carbocycles. The highest BCUT2D eigenvalue weighted by Gasteiger charge is 2.30. The summed E-state index contributed by atoms with van der Waals surface area (Å²) >= 11 is 0. The molecule has 0 bridgehead atoms. The summed E-state index contributed by atoms with van der Waals surface area (Å²) in [6.45, 7) is 5.71. The number of hydrogen-bond donors (Lipinski definition) is 1. The number of carbonyl (C=O) groups excluding carboxylic acids is 1. The number of esters is 1. The van der Waals surface area contributed by atoms with Crippen LogP contribution in [-0.4, -0.2) is 31.5 Å². The molecule has 1 atom stereocenters. The number of ether oxygens (including phenoxy) is 2. The van der Waals surface area contributed by atoms with E-state index in [1.165, 1.54) is 0 Å². The molecule has 0 spiro atoms. The summed E-state index contributed by atoms with van der Waals surface area (Å²) in [6, 6.07) is 0. The van der Waals surface area contributed by atoms with E-state index in [4.69, 9.17) is 9.47 Å². The standard InChI is InChI=1S/C9H17NO3/c1-3-12-8(11)7-9(2)10-5-4-6-13-9/h10H,3-7H2,1-2H3. The monoisotopic (exact) mass is 187 g/mol. The first-order valence-electron chi connectivity index (χ1n) is 4.71. The lowest BCUT2D eigenvalue weighted by atomic mass is 10.1. The third kappa shape index (κ3) is 3.32. The maximum Gasteiger partial charge on any atom is 0.310 e. The van der Waals surface area contributed by atoms with Crippen LogP contribution >= 0.6 is 0 Å². The van der Waals surface area contributed by atoms with Crippen LogP contribution in [0.5, 0.6) is 0 Å². The third-order valence-corrected chi connectivity index (χ3v) is 2.03. The molecule has 0 amide bonds. The van der Waals surface area contributed by atoms with E-state index in [0.29, 0.717) is 13.2 Å². The molecule has 13 heavy (non-hydrogen) atoms. The molecule has 4 nitrogen and oxygen atoms in total. The van der Waals surface area contributed by atoms with Gasteiger partial charge in [-0.25, -0.2) is 0 Å². The van der Waals surface area contributed by atoms with Gasteiger partial charge in [0.15, 0.2) is 0 Å². The van der Waals surface area contributed by atoms with Crippen LogP contribution in [-0.2, 0) is 14.3 Å². The maximum atomic E-state index is 11.2. The van der Waals surface area contributed by atoms with Gasteiger partial charge in [0.25, 0.3) is 0 Å². The van der Waals surface area contributed by atoms with Crippen LogP contribution in [0.2, 0.25) is 0 Å². The van der Waals surface area contributed by atoms with E-state index in [1.807, 2.05) is 6.92 Å². The molecule has 1 rings (SSSR count). The van der Waals surface area contributed by atoms with Crippen molar-refractivity contribution in [3.05, 3.63) is 0 Å². The van der Waals surface area contributed by atoms with Gasteiger partial charge >= 0.3 is 5.97 Å². The van der Waals surface area contributed by atoms with Gasteiger partial charge in [0, 0.05) is 0 Å². The van der Waals surface area contributed by atoms with E-state index < -0.39 is 5.72 Å². The molecule has 4 heteroatoms. The van der Waals surface area contributed by atoms with Crippen LogP contribution < -0.4 is 5.32 Å². The summed E-state index contributed by atoms with van der Waals surface area (Å²) in [4.78, 5) is 11.2. The predicted molar refractivity (Wildman–Crippen MR) is 48.2 cm³/mol. The van der Waals surface area contributed by atoms with Crippen molar-refractivity contribution in [2.24, 2.45) is 0 Å². The van der Waals surface area contributed by atoms with Crippen molar-refractivity contribution < 1.29 is 14.3 Å². The van der Waals surface area contributed by atoms with Crippen molar-refractivity contribution in [2.75, 3.05) is 19.8 Å². The second-order valence-electron chi connectivity index (χ2n) is 3.34. The second kappa shape index (κ2) is 4.58. The minimum atomic E-state index is -0.523. The Hall–Kier alpha value is -0.610. The molecule has 1 aliphatic rings. The predicted octanol–water partition coefficient (Wildman–Crippen LogP) is 0.666. The fourth-order valence-corrected chi connectivity index (χ4v) is 1.37. The summed E-state index contributed by atoms with van der Waals surface area (Å²) in [5.41, 5.74) is -0.523. The van der Waals surface area contributed by atoms with Crippen molar-refractivity contribution in [1.82, 2.24) is 5.32 Å². The lowest BCUT2D eigenvalue weighted by Gasteiger charge is -2.34. The van der Waals surface area contributed by atoms with E-state index in [0.717, 1.165) is 13.0 Å². The summed E-state index contributed by atoms with van der Waals surface area (Å²) < 4.78 is 10.3. The molecule has 1 fully saturated rings. The highest BCUT2D eigenvalue weighted by Crippen LogP contribution is 2.16. The first-order valence-corrected chi connectivity index (χ1v) is 4.71. The average molecular weight is 187 g/mol. The summed E-state index contributed by atoms with van der Waals surface area (Å²) in [5, 5.41) is 3.16. The Morgan fingerprint density at radius 2 is 2.46 bits per heavy atom. The van der Waals surface area contributed by atoms with E-state index in [1.54, 1.807) is 6.92 Å². The molecule has 1 unspecified atom stereocenters.